The lowest BCUT2D eigenvalue weighted by atomic mass is 10.2. The summed E-state index contributed by atoms with van der Waals surface area (Å²) in [6.45, 7) is 1.98. The van der Waals surface area contributed by atoms with Crippen LogP contribution in [0.15, 0.2) is 17.5 Å². The largest absolute Gasteiger partial charge is 0.347 e. The van der Waals surface area contributed by atoms with Crippen LogP contribution >= 0.6 is 11.3 Å². The Morgan fingerprint density at radius 2 is 2.43 bits per heavy atom. The smallest absolute Gasteiger partial charge is 0.240 e. The van der Waals surface area contributed by atoms with E-state index in [-0.39, 0.29) is 11.9 Å². The fourth-order valence-corrected chi connectivity index (χ4v) is 2.05. The fourth-order valence-electron chi connectivity index (χ4n) is 1.31. The lowest BCUT2D eigenvalue weighted by Gasteiger charge is -2.15. The standard InChI is InChI=1S/C10H14N2OS/c1-7(8-3-2-6-14-8)12-9(13)10(11)4-5-10/h2-3,6-7H,4-5,11H2,1H3,(H,12,13). The van der Waals surface area contributed by atoms with Crippen molar-refractivity contribution in [3.63, 3.8) is 0 Å². The lowest BCUT2D eigenvalue weighted by molar-refractivity contribution is -0.123. The quantitative estimate of drug-likeness (QED) is 0.792. The summed E-state index contributed by atoms with van der Waals surface area (Å²) in [5.74, 6) is -0.0154. The van der Waals surface area contributed by atoms with Crippen LogP contribution in [0.1, 0.15) is 30.7 Å². The molecular formula is C10H14N2OS. The molecule has 1 aliphatic carbocycles. The van der Waals surface area contributed by atoms with Crippen molar-refractivity contribution in [2.75, 3.05) is 0 Å². The number of carbonyl (C=O) groups is 1. The van der Waals surface area contributed by atoms with Crippen LogP contribution in [0.5, 0.6) is 0 Å². The minimum atomic E-state index is -0.564. The van der Waals surface area contributed by atoms with Crippen LogP contribution in [-0.2, 0) is 4.79 Å². The summed E-state index contributed by atoms with van der Waals surface area (Å²) in [5.41, 5.74) is 5.22. The first-order chi connectivity index (χ1) is 6.62. The van der Waals surface area contributed by atoms with Gasteiger partial charge >= 0.3 is 0 Å². The normalized spacial score (nSPS) is 20.1. The number of hydrogen-bond acceptors (Lipinski definition) is 3. The molecule has 4 heteroatoms. The van der Waals surface area contributed by atoms with E-state index in [1.165, 1.54) is 4.88 Å². The van der Waals surface area contributed by atoms with Gasteiger partial charge in [0.2, 0.25) is 5.91 Å². The van der Waals surface area contributed by atoms with E-state index >= 15 is 0 Å². The number of rotatable bonds is 3. The van der Waals surface area contributed by atoms with E-state index < -0.39 is 5.54 Å². The Balaban J connectivity index is 1.95. The topological polar surface area (TPSA) is 55.1 Å². The summed E-state index contributed by atoms with van der Waals surface area (Å²) in [7, 11) is 0. The van der Waals surface area contributed by atoms with Crippen LogP contribution in [0.2, 0.25) is 0 Å². The molecule has 0 aromatic carbocycles. The Kier molecular flexibility index (Phi) is 2.33. The van der Waals surface area contributed by atoms with Gasteiger partial charge < -0.3 is 11.1 Å². The van der Waals surface area contributed by atoms with Gasteiger partial charge in [-0.2, -0.15) is 0 Å². The maximum Gasteiger partial charge on any atom is 0.240 e. The molecule has 1 aromatic rings. The zero-order valence-corrected chi connectivity index (χ0v) is 8.93. The van der Waals surface area contributed by atoms with Crippen molar-refractivity contribution in [2.24, 2.45) is 5.73 Å². The van der Waals surface area contributed by atoms with E-state index in [0.717, 1.165) is 12.8 Å². The summed E-state index contributed by atoms with van der Waals surface area (Å²) in [6, 6.07) is 4.08. The first kappa shape index (κ1) is 9.68. The Labute approximate surface area is 87.3 Å². The Hall–Kier alpha value is -0.870. The highest BCUT2D eigenvalue weighted by molar-refractivity contribution is 7.10. The molecule has 0 spiro atoms. The molecule has 1 atom stereocenters. The van der Waals surface area contributed by atoms with Gasteiger partial charge in [-0.25, -0.2) is 0 Å². The fraction of sp³-hybridized carbons (Fsp3) is 0.500. The van der Waals surface area contributed by atoms with Gasteiger partial charge in [0.15, 0.2) is 0 Å². The van der Waals surface area contributed by atoms with Crippen LogP contribution in [0.3, 0.4) is 0 Å². The molecule has 76 valence electrons. The average molecular weight is 210 g/mol. The Morgan fingerprint density at radius 3 is 2.93 bits per heavy atom. The number of amides is 1. The minimum absolute atomic E-state index is 0.0154. The number of hydrogen-bond donors (Lipinski definition) is 2. The summed E-state index contributed by atoms with van der Waals surface area (Å²) < 4.78 is 0. The van der Waals surface area contributed by atoms with Crippen molar-refractivity contribution >= 4 is 17.2 Å². The number of carbonyl (C=O) groups excluding carboxylic acids is 1. The van der Waals surface area contributed by atoms with Crippen molar-refractivity contribution in [1.82, 2.24) is 5.32 Å². The first-order valence-corrected chi connectivity index (χ1v) is 5.63. The van der Waals surface area contributed by atoms with E-state index in [2.05, 4.69) is 5.32 Å². The molecule has 1 unspecified atom stereocenters. The molecular weight excluding hydrogens is 196 g/mol. The molecule has 14 heavy (non-hydrogen) atoms. The van der Waals surface area contributed by atoms with E-state index in [0.29, 0.717) is 0 Å². The zero-order valence-electron chi connectivity index (χ0n) is 8.12. The molecule has 0 bridgehead atoms. The highest BCUT2D eigenvalue weighted by atomic mass is 32.1. The number of nitrogens with one attached hydrogen (secondary N) is 1. The van der Waals surface area contributed by atoms with Crippen molar-refractivity contribution in [2.45, 2.75) is 31.3 Å². The third kappa shape index (κ3) is 1.81. The predicted octanol–water partition coefficient (Wildman–Crippen LogP) is 1.42. The molecule has 0 radical (unpaired) electrons. The van der Waals surface area contributed by atoms with Gasteiger partial charge in [-0.3, -0.25) is 4.79 Å². The van der Waals surface area contributed by atoms with E-state index in [1.807, 2.05) is 24.4 Å². The SMILES string of the molecule is CC(NC(=O)C1(N)CC1)c1cccs1. The summed E-state index contributed by atoms with van der Waals surface area (Å²) in [5, 5.41) is 4.94. The van der Waals surface area contributed by atoms with Crippen LogP contribution < -0.4 is 11.1 Å². The van der Waals surface area contributed by atoms with Crippen LogP contribution in [0.25, 0.3) is 0 Å². The molecule has 1 fully saturated rings. The molecule has 1 amide bonds. The molecule has 1 saturated carbocycles. The maximum absolute atomic E-state index is 11.6. The van der Waals surface area contributed by atoms with Crippen LogP contribution in [0, 0.1) is 0 Å². The van der Waals surface area contributed by atoms with Gasteiger partial charge in [0.25, 0.3) is 0 Å². The van der Waals surface area contributed by atoms with Gasteiger partial charge in [-0.15, -0.1) is 11.3 Å². The zero-order chi connectivity index (χ0) is 10.2. The minimum Gasteiger partial charge on any atom is -0.347 e. The van der Waals surface area contributed by atoms with Gasteiger partial charge in [0.1, 0.15) is 0 Å². The molecule has 0 aliphatic heterocycles. The van der Waals surface area contributed by atoms with Gasteiger partial charge in [-0.1, -0.05) is 6.07 Å². The Morgan fingerprint density at radius 1 is 1.71 bits per heavy atom. The Bertz CT molecular complexity index is 330. The van der Waals surface area contributed by atoms with Crippen molar-refractivity contribution in [3.05, 3.63) is 22.4 Å². The molecule has 1 aromatic heterocycles. The van der Waals surface area contributed by atoms with Gasteiger partial charge in [0.05, 0.1) is 11.6 Å². The molecule has 0 saturated heterocycles. The van der Waals surface area contributed by atoms with Crippen molar-refractivity contribution < 1.29 is 4.79 Å². The number of thiophene rings is 1. The third-order valence-corrected chi connectivity index (χ3v) is 3.61. The monoisotopic (exact) mass is 210 g/mol. The predicted molar refractivity (Wildman–Crippen MR) is 57.0 cm³/mol. The van der Waals surface area contributed by atoms with Gasteiger partial charge in [0, 0.05) is 4.88 Å². The first-order valence-electron chi connectivity index (χ1n) is 4.75. The average Bonchev–Trinajstić information content (AvgIpc) is 2.71. The van der Waals surface area contributed by atoms with Crippen LogP contribution in [0.4, 0.5) is 0 Å². The third-order valence-electron chi connectivity index (χ3n) is 2.56. The molecule has 3 N–H and O–H groups in total. The summed E-state index contributed by atoms with van der Waals surface area (Å²) in [6.07, 6.45) is 1.63. The lowest BCUT2D eigenvalue weighted by Crippen LogP contribution is -2.43. The molecule has 1 heterocycles. The second-order valence-electron chi connectivity index (χ2n) is 3.87. The maximum atomic E-state index is 11.6. The van der Waals surface area contributed by atoms with Crippen molar-refractivity contribution in [3.8, 4) is 0 Å². The van der Waals surface area contributed by atoms with E-state index in [1.54, 1.807) is 11.3 Å². The second kappa shape index (κ2) is 3.37. The molecule has 1 aliphatic rings. The molecule has 3 nitrogen and oxygen atoms in total. The van der Waals surface area contributed by atoms with E-state index in [9.17, 15) is 4.79 Å². The van der Waals surface area contributed by atoms with E-state index in [4.69, 9.17) is 5.73 Å². The molecule has 2 rings (SSSR count). The second-order valence-corrected chi connectivity index (χ2v) is 4.85. The number of nitrogens with two attached hydrogens (primary N) is 1. The summed E-state index contributed by atoms with van der Waals surface area (Å²) >= 11 is 1.65. The van der Waals surface area contributed by atoms with Crippen LogP contribution in [-0.4, -0.2) is 11.4 Å². The van der Waals surface area contributed by atoms with Gasteiger partial charge in [-0.05, 0) is 31.2 Å². The van der Waals surface area contributed by atoms with Crippen molar-refractivity contribution in [1.29, 1.82) is 0 Å². The highest BCUT2D eigenvalue weighted by Gasteiger charge is 2.46. The highest BCUT2D eigenvalue weighted by Crippen LogP contribution is 2.33. The summed E-state index contributed by atoms with van der Waals surface area (Å²) in [4.78, 5) is 12.8.